The number of carbonyl (C=O) groups is 1. The molecule has 5 N–H and O–H groups in total. The van der Waals surface area contributed by atoms with E-state index in [0.717, 1.165) is 50.2 Å². The lowest BCUT2D eigenvalue weighted by Crippen LogP contribution is -2.34. The van der Waals surface area contributed by atoms with Crippen LogP contribution in [0.4, 0.5) is 4.79 Å². The maximum absolute atomic E-state index is 12.1. The average molecular weight is 523 g/mol. The highest BCUT2D eigenvalue weighted by Gasteiger charge is 2.19. The van der Waals surface area contributed by atoms with Crippen LogP contribution in [0.5, 0.6) is 0 Å². The number of hydrogen-bond acceptors (Lipinski definition) is 5. The fourth-order valence-electron chi connectivity index (χ4n) is 4.41. The Morgan fingerprint density at radius 2 is 1.31 bits per heavy atom. The van der Waals surface area contributed by atoms with Crippen molar-refractivity contribution in [1.82, 2.24) is 25.3 Å². The van der Waals surface area contributed by atoms with Gasteiger partial charge in [0.25, 0.3) is 0 Å². The third-order valence-electron chi connectivity index (χ3n) is 6.45. The molecule has 0 aliphatic carbocycles. The van der Waals surface area contributed by atoms with Crippen LogP contribution in [-0.4, -0.2) is 31.6 Å². The molecule has 3 aromatic carbocycles. The number of aromatic nitrogens is 4. The molecule has 0 radical (unpaired) electrons. The highest BCUT2D eigenvalue weighted by atomic mass is 16.6. The molecule has 2 heterocycles. The molecule has 8 heteroatoms. The van der Waals surface area contributed by atoms with Gasteiger partial charge in [0.2, 0.25) is 0 Å². The maximum Gasteiger partial charge on any atom is 0.408 e. The molecule has 0 saturated carbocycles. The van der Waals surface area contributed by atoms with Gasteiger partial charge in [0.1, 0.15) is 17.2 Å². The van der Waals surface area contributed by atoms with E-state index in [4.69, 9.17) is 10.5 Å². The number of nitrogens with two attached hydrogens (primary N) is 1. The van der Waals surface area contributed by atoms with Crippen molar-refractivity contribution in [3.05, 3.63) is 84.7 Å². The molecule has 2 atom stereocenters. The van der Waals surface area contributed by atoms with Crippen LogP contribution in [-0.2, 0) is 4.74 Å². The van der Waals surface area contributed by atoms with Crippen LogP contribution in [0, 0.1) is 0 Å². The minimum Gasteiger partial charge on any atom is -0.444 e. The summed E-state index contributed by atoms with van der Waals surface area (Å²) in [4.78, 5) is 27.5. The summed E-state index contributed by atoms with van der Waals surface area (Å²) >= 11 is 0. The van der Waals surface area contributed by atoms with Gasteiger partial charge in [0.05, 0.1) is 35.9 Å². The molecule has 0 spiro atoms. The van der Waals surface area contributed by atoms with E-state index in [1.54, 1.807) is 6.20 Å². The van der Waals surface area contributed by atoms with Gasteiger partial charge in [0, 0.05) is 5.56 Å². The Bertz CT molecular complexity index is 1610. The molecule has 0 unspecified atom stereocenters. The first-order chi connectivity index (χ1) is 18.6. The van der Waals surface area contributed by atoms with E-state index in [2.05, 4.69) is 85.9 Å². The first kappa shape index (κ1) is 26.2. The van der Waals surface area contributed by atoms with Crippen LogP contribution < -0.4 is 11.1 Å². The SMILES string of the molecule is C[C@H](N)c1ncc(-c2ccc3cc(-c4ccc(-c5cnc([C@H](C)NC(=O)OC(C)(C)C)[nH]5)cc4)ccc3c2)[nH]1. The summed E-state index contributed by atoms with van der Waals surface area (Å²) in [5.41, 5.74) is 11.6. The molecule has 8 nitrogen and oxygen atoms in total. The van der Waals surface area contributed by atoms with Crippen molar-refractivity contribution < 1.29 is 9.53 Å². The Labute approximate surface area is 228 Å². The molecule has 0 fully saturated rings. The van der Waals surface area contributed by atoms with Crippen molar-refractivity contribution in [2.75, 3.05) is 0 Å². The van der Waals surface area contributed by atoms with Gasteiger partial charge in [-0.25, -0.2) is 14.8 Å². The summed E-state index contributed by atoms with van der Waals surface area (Å²) in [7, 11) is 0. The van der Waals surface area contributed by atoms with Crippen molar-refractivity contribution in [2.45, 2.75) is 52.3 Å². The largest absolute Gasteiger partial charge is 0.444 e. The van der Waals surface area contributed by atoms with E-state index in [1.807, 2.05) is 40.8 Å². The second-order valence-corrected chi connectivity index (χ2v) is 10.9. The van der Waals surface area contributed by atoms with Gasteiger partial charge in [-0.2, -0.15) is 0 Å². The number of hydrogen-bond donors (Lipinski definition) is 4. The number of amides is 1. The first-order valence-electron chi connectivity index (χ1n) is 13.1. The fraction of sp³-hybridized carbons (Fsp3) is 0.258. The second-order valence-electron chi connectivity index (χ2n) is 10.9. The van der Waals surface area contributed by atoms with Gasteiger partial charge in [0.15, 0.2) is 0 Å². The summed E-state index contributed by atoms with van der Waals surface area (Å²) in [6.07, 6.45) is 3.14. The lowest BCUT2D eigenvalue weighted by molar-refractivity contribution is 0.0506. The Balaban J connectivity index is 1.30. The minimum atomic E-state index is -0.554. The number of benzene rings is 3. The molecular weight excluding hydrogens is 488 g/mol. The molecule has 0 bridgehead atoms. The van der Waals surface area contributed by atoms with E-state index in [-0.39, 0.29) is 12.1 Å². The highest BCUT2D eigenvalue weighted by molar-refractivity contribution is 5.90. The minimum absolute atomic E-state index is 0.131. The summed E-state index contributed by atoms with van der Waals surface area (Å²) < 4.78 is 5.34. The Hall–Kier alpha value is -4.43. The number of nitrogens with zero attached hydrogens (tertiary/aromatic N) is 2. The van der Waals surface area contributed by atoms with Gasteiger partial charge in [-0.3, -0.25) is 0 Å². The molecular formula is C31H34N6O2. The summed E-state index contributed by atoms with van der Waals surface area (Å²) in [5, 5.41) is 5.14. The zero-order chi connectivity index (χ0) is 27.7. The third kappa shape index (κ3) is 6.02. The number of carbonyl (C=O) groups excluding carboxylic acids is 1. The highest BCUT2D eigenvalue weighted by Crippen LogP contribution is 2.30. The average Bonchev–Trinajstić information content (AvgIpc) is 3.58. The maximum atomic E-state index is 12.1. The molecule has 2 aromatic heterocycles. The number of fused-ring (bicyclic) bond motifs is 1. The standard InChI is InChI=1S/C31H34N6O2/c1-18(32)28-33-17-27(36-28)25-13-12-23-14-22(10-11-24(23)15-25)20-6-8-21(9-7-20)26-16-34-29(37-26)19(2)35-30(38)39-31(3,4)5/h6-19H,32H2,1-5H3,(H,33,36)(H,34,37)(H,35,38)/t18-,19-/m0/s1. The van der Waals surface area contributed by atoms with E-state index < -0.39 is 11.7 Å². The zero-order valence-corrected chi connectivity index (χ0v) is 22.9. The monoisotopic (exact) mass is 522 g/mol. The van der Waals surface area contributed by atoms with Crippen LogP contribution in [0.2, 0.25) is 0 Å². The van der Waals surface area contributed by atoms with E-state index in [9.17, 15) is 4.79 Å². The molecule has 5 aromatic rings. The summed E-state index contributed by atoms with van der Waals surface area (Å²) in [5.74, 6) is 1.44. The molecule has 0 aliphatic heterocycles. The van der Waals surface area contributed by atoms with Crippen molar-refractivity contribution in [3.8, 4) is 33.6 Å². The predicted molar refractivity (Wildman–Crippen MR) is 155 cm³/mol. The van der Waals surface area contributed by atoms with Crippen LogP contribution in [0.25, 0.3) is 44.4 Å². The Morgan fingerprint density at radius 1 is 0.795 bits per heavy atom. The van der Waals surface area contributed by atoms with Gasteiger partial charge < -0.3 is 25.8 Å². The lowest BCUT2D eigenvalue weighted by atomic mass is 9.98. The van der Waals surface area contributed by atoms with Gasteiger partial charge in [-0.05, 0) is 74.2 Å². The Morgan fingerprint density at radius 3 is 1.92 bits per heavy atom. The lowest BCUT2D eigenvalue weighted by Gasteiger charge is -2.21. The molecule has 5 rings (SSSR count). The topological polar surface area (TPSA) is 122 Å². The quantitative estimate of drug-likeness (QED) is 0.193. The van der Waals surface area contributed by atoms with Gasteiger partial charge in [-0.15, -0.1) is 0 Å². The fourth-order valence-corrected chi connectivity index (χ4v) is 4.41. The number of aromatic amines is 2. The van der Waals surface area contributed by atoms with Crippen LogP contribution in [0.1, 0.15) is 58.4 Å². The smallest absolute Gasteiger partial charge is 0.408 e. The van der Waals surface area contributed by atoms with Crippen molar-refractivity contribution in [1.29, 1.82) is 0 Å². The van der Waals surface area contributed by atoms with Crippen LogP contribution in [0.15, 0.2) is 73.1 Å². The first-order valence-corrected chi connectivity index (χ1v) is 13.1. The van der Waals surface area contributed by atoms with Crippen LogP contribution >= 0.6 is 0 Å². The van der Waals surface area contributed by atoms with Gasteiger partial charge >= 0.3 is 6.09 Å². The molecule has 0 saturated heterocycles. The van der Waals surface area contributed by atoms with E-state index in [0.29, 0.717) is 5.82 Å². The van der Waals surface area contributed by atoms with Crippen molar-refractivity contribution in [3.63, 3.8) is 0 Å². The number of imidazole rings is 2. The number of rotatable bonds is 6. The number of H-pyrrole nitrogens is 2. The third-order valence-corrected chi connectivity index (χ3v) is 6.45. The number of ether oxygens (including phenoxy) is 1. The second kappa shape index (κ2) is 10.4. The van der Waals surface area contributed by atoms with E-state index in [1.165, 1.54) is 0 Å². The van der Waals surface area contributed by atoms with Crippen molar-refractivity contribution >= 4 is 16.9 Å². The summed E-state index contributed by atoms with van der Waals surface area (Å²) in [6, 6.07) is 20.8. The number of alkyl carbamates (subject to hydrolysis) is 1. The molecule has 39 heavy (non-hydrogen) atoms. The Kier molecular flexibility index (Phi) is 6.97. The molecule has 1 amide bonds. The summed E-state index contributed by atoms with van der Waals surface area (Å²) in [6.45, 7) is 9.28. The zero-order valence-electron chi connectivity index (χ0n) is 22.9. The van der Waals surface area contributed by atoms with Crippen LogP contribution in [0.3, 0.4) is 0 Å². The van der Waals surface area contributed by atoms with Crippen molar-refractivity contribution in [2.24, 2.45) is 5.73 Å². The van der Waals surface area contributed by atoms with Gasteiger partial charge in [-0.1, -0.05) is 48.5 Å². The predicted octanol–water partition coefficient (Wildman–Crippen LogP) is 6.89. The normalized spacial score (nSPS) is 13.3. The molecule has 200 valence electrons. The molecule has 0 aliphatic rings. The van der Waals surface area contributed by atoms with E-state index >= 15 is 0 Å². The number of nitrogens with one attached hydrogen (secondary N) is 3.